The van der Waals surface area contributed by atoms with Crippen molar-refractivity contribution in [3.8, 4) is 0 Å². The van der Waals surface area contributed by atoms with Gasteiger partial charge in [0.1, 0.15) is 5.82 Å². The van der Waals surface area contributed by atoms with E-state index in [0.717, 1.165) is 12.1 Å². The van der Waals surface area contributed by atoms with Gasteiger partial charge in [-0.3, -0.25) is 14.4 Å². The van der Waals surface area contributed by atoms with E-state index in [1.54, 1.807) is 14.1 Å². The zero-order valence-corrected chi connectivity index (χ0v) is 16.2. The number of nitrogens with two attached hydrogens (primary N) is 2. The van der Waals surface area contributed by atoms with Gasteiger partial charge in [-0.1, -0.05) is 0 Å². The summed E-state index contributed by atoms with van der Waals surface area (Å²) in [6.07, 6.45) is 2.09. The number of nitrogens with one attached hydrogen (secondary N) is 1. The van der Waals surface area contributed by atoms with Gasteiger partial charge in [0.05, 0.1) is 5.56 Å². The maximum Gasteiger partial charge on any atom is 0.365 e. The summed E-state index contributed by atoms with van der Waals surface area (Å²) in [7, 11) is 3.38. The molecule has 0 bridgehead atoms. The molecule has 1 aliphatic heterocycles. The van der Waals surface area contributed by atoms with Gasteiger partial charge < -0.3 is 21.0 Å². The lowest BCUT2D eigenvalue weighted by Crippen LogP contribution is -2.32. The first-order valence-electron chi connectivity index (χ1n) is 7.99. The van der Waals surface area contributed by atoms with E-state index >= 15 is 0 Å². The van der Waals surface area contributed by atoms with Crippen LogP contribution in [0, 0.1) is 0 Å². The molecule has 0 unspecified atom stereocenters. The van der Waals surface area contributed by atoms with Crippen molar-refractivity contribution in [1.29, 1.82) is 0 Å². The number of carbonyl (C=O) groups is 4. The number of amides is 3. The van der Waals surface area contributed by atoms with Crippen molar-refractivity contribution in [2.45, 2.75) is 26.7 Å². The number of hydrazine groups is 1. The van der Waals surface area contributed by atoms with Crippen LogP contribution in [0.3, 0.4) is 0 Å². The molecule has 1 aliphatic rings. The van der Waals surface area contributed by atoms with Crippen molar-refractivity contribution >= 4 is 35.7 Å². The van der Waals surface area contributed by atoms with Crippen LogP contribution in [0.15, 0.2) is 23.4 Å². The van der Waals surface area contributed by atoms with Gasteiger partial charge in [-0.05, 0) is 26.0 Å². The fourth-order valence-corrected chi connectivity index (χ4v) is 1.39. The molecule has 3 amide bonds. The minimum Gasteiger partial charge on any atom is -0.351 e. The first-order valence-corrected chi connectivity index (χ1v) is 7.99. The molecule has 12 nitrogen and oxygen atoms in total. The van der Waals surface area contributed by atoms with E-state index in [-0.39, 0.29) is 18.4 Å². The van der Waals surface area contributed by atoms with Crippen LogP contribution in [0.5, 0.6) is 0 Å². The SMILES string of the molecule is CC(C)=NN.CN(C)C=O.NNc1ccc(C(=O)ON2C(=O)CCC2=O)cn1. The summed E-state index contributed by atoms with van der Waals surface area (Å²) in [6.45, 7) is 3.69. The van der Waals surface area contributed by atoms with Crippen molar-refractivity contribution in [3.63, 3.8) is 0 Å². The van der Waals surface area contributed by atoms with Crippen LogP contribution in [-0.4, -0.2) is 58.9 Å². The molecule has 28 heavy (non-hydrogen) atoms. The average molecular weight is 395 g/mol. The molecule has 12 heteroatoms. The lowest BCUT2D eigenvalue weighted by molar-refractivity contribution is -0.172. The Kier molecular flexibility index (Phi) is 11.1. The highest BCUT2D eigenvalue weighted by Crippen LogP contribution is 2.14. The van der Waals surface area contributed by atoms with Gasteiger partial charge in [-0.25, -0.2) is 15.6 Å². The van der Waals surface area contributed by atoms with Gasteiger partial charge in [0.15, 0.2) is 0 Å². The van der Waals surface area contributed by atoms with E-state index in [0.29, 0.717) is 10.9 Å². The molecule has 2 rings (SSSR count). The molecular formula is C16H25N7O5. The molecule has 1 aromatic heterocycles. The van der Waals surface area contributed by atoms with Crippen LogP contribution in [0.25, 0.3) is 0 Å². The van der Waals surface area contributed by atoms with Gasteiger partial charge >= 0.3 is 5.97 Å². The molecule has 0 aromatic carbocycles. The maximum atomic E-state index is 11.6. The third-order valence-corrected chi connectivity index (χ3v) is 2.80. The van der Waals surface area contributed by atoms with Crippen LogP contribution in [0.4, 0.5) is 5.82 Å². The summed E-state index contributed by atoms with van der Waals surface area (Å²) in [5.74, 6) is 8.38. The van der Waals surface area contributed by atoms with E-state index in [9.17, 15) is 19.2 Å². The number of carbonyl (C=O) groups excluding carboxylic acids is 4. The molecule has 2 heterocycles. The van der Waals surface area contributed by atoms with Crippen molar-refractivity contribution in [1.82, 2.24) is 14.9 Å². The topological polar surface area (TPSA) is 173 Å². The molecule has 154 valence electrons. The lowest BCUT2D eigenvalue weighted by atomic mass is 10.3. The second kappa shape index (κ2) is 12.8. The zero-order valence-electron chi connectivity index (χ0n) is 16.2. The largest absolute Gasteiger partial charge is 0.365 e. The standard InChI is InChI=1S/C10H10N4O4.C3H8N2.C3H7NO/c11-13-7-2-1-6(5-12-7)10(17)18-14-8(15)3-4-9(14)16;1-3(2)5-4;1-4(2)3-5/h1-2,5H,3-4,11H2,(H,12,13);4H2,1-2H3;3H,1-2H3. The Balaban J connectivity index is 0.000000607. The fraction of sp³-hybridized carbons (Fsp3) is 0.375. The summed E-state index contributed by atoms with van der Waals surface area (Å²) in [6, 6.07) is 2.87. The fourth-order valence-electron chi connectivity index (χ4n) is 1.39. The molecule has 0 spiro atoms. The predicted octanol–water partition coefficient (Wildman–Crippen LogP) is -0.367. The first-order chi connectivity index (χ1) is 13.2. The summed E-state index contributed by atoms with van der Waals surface area (Å²) < 4.78 is 0. The van der Waals surface area contributed by atoms with E-state index in [2.05, 4.69) is 15.5 Å². The second-order valence-corrected chi connectivity index (χ2v) is 5.68. The highest BCUT2D eigenvalue weighted by Gasteiger charge is 2.33. The summed E-state index contributed by atoms with van der Waals surface area (Å²) in [5.41, 5.74) is 3.32. The smallest absolute Gasteiger partial charge is 0.351 e. The number of pyridine rings is 1. The number of nitrogens with zero attached hydrogens (tertiary/aromatic N) is 4. The number of anilines is 1. The van der Waals surface area contributed by atoms with Crippen LogP contribution in [0.2, 0.25) is 0 Å². The summed E-state index contributed by atoms with van der Waals surface area (Å²) >= 11 is 0. The summed E-state index contributed by atoms with van der Waals surface area (Å²) in [4.78, 5) is 53.5. The van der Waals surface area contributed by atoms with E-state index in [1.807, 2.05) is 13.8 Å². The van der Waals surface area contributed by atoms with Gasteiger partial charge in [0.2, 0.25) is 6.41 Å². The highest BCUT2D eigenvalue weighted by molar-refractivity contribution is 6.02. The van der Waals surface area contributed by atoms with Crippen molar-refractivity contribution in [2.75, 3.05) is 19.5 Å². The number of aromatic nitrogens is 1. The third kappa shape index (κ3) is 9.24. The maximum absolute atomic E-state index is 11.6. The first kappa shape index (κ1) is 24.5. The predicted molar refractivity (Wildman–Crippen MR) is 101 cm³/mol. The van der Waals surface area contributed by atoms with Crippen LogP contribution >= 0.6 is 0 Å². The average Bonchev–Trinajstić information content (AvgIpc) is 3.00. The van der Waals surface area contributed by atoms with Crippen molar-refractivity contribution < 1.29 is 24.0 Å². The minimum absolute atomic E-state index is 0.0559. The number of rotatable bonds is 4. The number of nitrogen functional groups attached to an aromatic ring is 1. The molecule has 5 N–H and O–H groups in total. The Morgan fingerprint density at radius 2 is 1.79 bits per heavy atom. The van der Waals surface area contributed by atoms with Gasteiger partial charge in [-0.15, -0.1) is 5.06 Å². The number of hydrazone groups is 1. The van der Waals surface area contributed by atoms with Crippen LogP contribution < -0.4 is 17.1 Å². The van der Waals surface area contributed by atoms with Gasteiger partial charge in [-0.2, -0.15) is 5.10 Å². The third-order valence-electron chi connectivity index (χ3n) is 2.80. The van der Waals surface area contributed by atoms with Gasteiger partial charge in [0, 0.05) is 38.8 Å². The minimum atomic E-state index is -0.824. The van der Waals surface area contributed by atoms with Crippen molar-refractivity contribution in [3.05, 3.63) is 23.9 Å². The Morgan fingerprint density at radius 1 is 1.29 bits per heavy atom. The number of hydrogen-bond acceptors (Lipinski definition) is 10. The Morgan fingerprint density at radius 3 is 2.11 bits per heavy atom. The molecule has 0 aliphatic carbocycles. The molecule has 1 saturated heterocycles. The normalized spacial score (nSPS) is 12.0. The molecule has 0 radical (unpaired) electrons. The van der Waals surface area contributed by atoms with Crippen LogP contribution in [0.1, 0.15) is 37.0 Å². The highest BCUT2D eigenvalue weighted by atomic mass is 16.7. The molecule has 0 saturated carbocycles. The molecule has 0 atom stereocenters. The number of imide groups is 1. The lowest BCUT2D eigenvalue weighted by Gasteiger charge is -2.12. The molecule has 1 aromatic rings. The zero-order chi connectivity index (χ0) is 21.7. The monoisotopic (exact) mass is 395 g/mol. The quantitative estimate of drug-likeness (QED) is 0.202. The Bertz CT molecular complexity index is 684. The van der Waals surface area contributed by atoms with E-state index in [1.165, 1.54) is 23.2 Å². The van der Waals surface area contributed by atoms with Gasteiger partial charge in [0.25, 0.3) is 11.8 Å². The van der Waals surface area contributed by atoms with E-state index < -0.39 is 17.8 Å². The van der Waals surface area contributed by atoms with E-state index in [4.69, 9.17) is 16.5 Å². The summed E-state index contributed by atoms with van der Waals surface area (Å²) in [5, 5.41) is 3.79. The Labute approximate surface area is 162 Å². The molecule has 1 fully saturated rings. The van der Waals surface area contributed by atoms with Crippen LogP contribution in [-0.2, 0) is 19.2 Å². The Hall–Kier alpha value is -3.54. The number of hydroxylamine groups is 2. The molecular weight excluding hydrogens is 370 g/mol. The van der Waals surface area contributed by atoms with Crippen molar-refractivity contribution in [2.24, 2.45) is 16.8 Å². The second-order valence-electron chi connectivity index (χ2n) is 5.68. The number of hydrogen-bond donors (Lipinski definition) is 3.